The third-order valence-corrected chi connectivity index (χ3v) is 8.80. The second-order valence-corrected chi connectivity index (χ2v) is 11.4. The second-order valence-electron chi connectivity index (χ2n) is 9.36. The molecule has 2 aliphatic heterocycles. The molecule has 1 unspecified atom stereocenters. The molecule has 2 N–H and O–H groups in total. The molecule has 1 saturated heterocycles. The number of carbonyl (C=O) groups is 1. The van der Waals surface area contributed by atoms with Gasteiger partial charge in [-0.05, 0) is 53.6 Å². The van der Waals surface area contributed by atoms with Crippen molar-refractivity contribution < 1.29 is 22.7 Å². The third kappa shape index (κ3) is 6.39. The minimum absolute atomic E-state index is 0.177. The van der Waals surface area contributed by atoms with Gasteiger partial charge < -0.3 is 20.1 Å². The molecule has 2 amide bonds. The number of nitrogens with zero attached hydrogens (tertiary/aromatic N) is 3. The Balaban J connectivity index is 1.15. The zero-order chi connectivity index (χ0) is 27.2. The van der Waals surface area contributed by atoms with E-state index >= 15 is 0 Å². The number of benzene rings is 2. The highest BCUT2D eigenvalue weighted by molar-refractivity contribution is 7.92. The van der Waals surface area contributed by atoms with Crippen molar-refractivity contribution in [3.8, 4) is 11.5 Å². The molecule has 39 heavy (non-hydrogen) atoms. The van der Waals surface area contributed by atoms with Crippen LogP contribution >= 0.6 is 0 Å². The highest BCUT2D eigenvalue weighted by Gasteiger charge is 2.32. The summed E-state index contributed by atoms with van der Waals surface area (Å²) in [5.74, 6) is 1.52. The van der Waals surface area contributed by atoms with Gasteiger partial charge in [0.15, 0.2) is 21.3 Å². The molecule has 3 heterocycles. The monoisotopic (exact) mass is 549 g/mol. The molecule has 3 aromatic rings. The topological polar surface area (TPSA) is 113 Å². The molecule has 0 saturated carbocycles. The predicted octanol–water partition coefficient (Wildman–Crippen LogP) is 3.24. The quantitative estimate of drug-likeness (QED) is 0.391. The molecule has 204 valence electrons. The number of pyridine rings is 1. The molecule has 0 aliphatic carbocycles. The summed E-state index contributed by atoms with van der Waals surface area (Å²) >= 11 is 0. The van der Waals surface area contributed by atoms with Crippen LogP contribution in [0, 0.1) is 0 Å². The van der Waals surface area contributed by atoms with Gasteiger partial charge in [0.05, 0.1) is 4.90 Å². The number of carbonyl (C=O) groups excluding carboxylic acids is 1. The lowest BCUT2D eigenvalue weighted by Gasteiger charge is -2.37. The lowest BCUT2D eigenvalue weighted by Crippen LogP contribution is -2.51. The van der Waals surface area contributed by atoms with E-state index in [9.17, 15) is 13.2 Å². The van der Waals surface area contributed by atoms with Gasteiger partial charge in [0, 0.05) is 57.3 Å². The van der Waals surface area contributed by atoms with E-state index < -0.39 is 21.2 Å². The first-order valence-corrected chi connectivity index (χ1v) is 14.2. The van der Waals surface area contributed by atoms with Crippen LogP contribution in [0.1, 0.15) is 11.1 Å². The van der Waals surface area contributed by atoms with Crippen molar-refractivity contribution in [2.24, 2.45) is 0 Å². The maximum atomic E-state index is 13.5. The van der Waals surface area contributed by atoms with E-state index in [1.165, 1.54) is 18.2 Å². The summed E-state index contributed by atoms with van der Waals surface area (Å²) in [7, 11) is -3.70. The van der Waals surface area contributed by atoms with Gasteiger partial charge in [-0.3, -0.25) is 14.8 Å². The van der Waals surface area contributed by atoms with Crippen LogP contribution in [-0.2, 0) is 22.9 Å². The number of fused-ring (bicyclic) bond motifs is 1. The minimum atomic E-state index is -3.70. The summed E-state index contributed by atoms with van der Waals surface area (Å²) in [5.41, 5.74) is 2.49. The number of hydrogen-bond donors (Lipinski definition) is 2. The number of ether oxygens (including phenoxy) is 2. The summed E-state index contributed by atoms with van der Waals surface area (Å²) in [4.78, 5) is 20.6. The molecule has 10 nitrogen and oxygen atoms in total. The maximum absolute atomic E-state index is 13.5. The van der Waals surface area contributed by atoms with Crippen molar-refractivity contribution in [2.45, 2.75) is 23.4 Å². The number of rotatable bonds is 9. The number of amides is 2. The number of sulfone groups is 1. The van der Waals surface area contributed by atoms with Crippen molar-refractivity contribution in [1.29, 1.82) is 0 Å². The standard InChI is InChI=1S/C28H31N5O5S/c1-2-27(33-14-12-32(13-15-33)19-21-5-10-25-26(16-21)38-20-37-25)39(35,36)24-8-6-23(7-9-24)31-28(34)30-18-22-4-3-11-29-17-22/h2-11,16-17,27H,1,12-15,18-20H2,(H2,30,31,34). The molecule has 0 spiro atoms. The normalized spacial score (nSPS) is 16.4. The number of urea groups is 1. The molecular weight excluding hydrogens is 518 g/mol. The van der Waals surface area contributed by atoms with E-state index in [0.717, 1.165) is 42.3 Å². The Bertz CT molecular complexity index is 1410. The Morgan fingerprint density at radius 2 is 1.79 bits per heavy atom. The number of nitrogens with one attached hydrogen (secondary N) is 2. The van der Waals surface area contributed by atoms with Crippen molar-refractivity contribution in [2.75, 3.05) is 38.3 Å². The summed E-state index contributed by atoms with van der Waals surface area (Å²) in [6, 6.07) is 15.4. The smallest absolute Gasteiger partial charge is 0.319 e. The Labute approximate surface area is 228 Å². The highest BCUT2D eigenvalue weighted by Crippen LogP contribution is 2.33. The fraction of sp³-hybridized carbons (Fsp3) is 0.286. The van der Waals surface area contributed by atoms with Gasteiger partial charge >= 0.3 is 6.03 Å². The first-order chi connectivity index (χ1) is 18.9. The molecule has 1 atom stereocenters. The maximum Gasteiger partial charge on any atom is 0.319 e. The fourth-order valence-corrected chi connectivity index (χ4v) is 6.32. The van der Waals surface area contributed by atoms with Gasteiger partial charge in [0.2, 0.25) is 6.79 Å². The molecule has 1 aromatic heterocycles. The minimum Gasteiger partial charge on any atom is -0.454 e. The van der Waals surface area contributed by atoms with Crippen molar-refractivity contribution in [1.82, 2.24) is 20.1 Å². The molecule has 11 heteroatoms. The van der Waals surface area contributed by atoms with Crippen molar-refractivity contribution in [3.63, 3.8) is 0 Å². The van der Waals surface area contributed by atoms with Crippen LogP contribution in [0.4, 0.5) is 10.5 Å². The number of anilines is 1. The SMILES string of the molecule is C=CC(N1CCN(Cc2ccc3c(c2)OCO3)CC1)S(=O)(=O)c1ccc(NC(=O)NCc2cccnc2)cc1. The lowest BCUT2D eigenvalue weighted by molar-refractivity contribution is 0.126. The molecule has 0 bridgehead atoms. The summed E-state index contributed by atoms with van der Waals surface area (Å²) in [5, 5.41) is 4.63. The number of piperazine rings is 1. The average molecular weight is 550 g/mol. The highest BCUT2D eigenvalue weighted by atomic mass is 32.2. The van der Waals surface area contributed by atoms with Crippen LogP contribution in [0.25, 0.3) is 0 Å². The van der Waals surface area contributed by atoms with E-state index in [1.54, 1.807) is 30.6 Å². The van der Waals surface area contributed by atoms with E-state index in [0.29, 0.717) is 25.3 Å². The second kappa shape index (κ2) is 11.9. The van der Waals surface area contributed by atoms with Crippen molar-refractivity contribution in [3.05, 3.63) is 90.8 Å². The molecule has 5 rings (SSSR count). The predicted molar refractivity (Wildman–Crippen MR) is 147 cm³/mol. The van der Waals surface area contributed by atoms with Gasteiger partial charge in [0.1, 0.15) is 5.37 Å². The Morgan fingerprint density at radius 3 is 2.51 bits per heavy atom. The molecule has 0 radical (unpaired) electrons. The van der Waals surface area contributed by atoms with Crippen LogP contribution in [0.15, 0.2) is 84.5 Å². The van der Waals surface area contributed by atoms with Gasteiger partial charge in [0.25, 0.3) is 0 Å². The van der Waals surface area contributed by atoms with E-state index in [4.69, 9.17) is 9.47 Å². The van der Waals surface area contributed by atoms with E-state index in [2.05, 4.69) is 27.1 Å². The third-order valence-electron chi connectivity index (χ3n) is 6.75. The number of aromatic nitrogens is 1. The summed E-state index contributed by atoms with van der Waals surface area (Å²) in [6.07, 6.45) is 4.83. The number of hydrogen-bond acceptors (Lipinski definition) is 8. The summed E-state index contributed by atoms with van der Waals surface area (Å²) in [6.45, 7) is 7.79. The Morgan fingerprint density at radius 1 is 1.03 bits per heavy atom. The molecular formula is C28H31N5O5S. The molecule has 1 fully saturated rings. The van der Waals surface area contributed by atoms with Gasteiger partial charge in [-0.2, -0.15) is 0 Å². The van der Waals surface area contributed by atoms with Crippen LogP contribution in [0.3, 0.4) is 0 Å². The van der Waals surface area contributed by atoms with E-state index in [1.807, 2.05) is 29.2 Å². The van der Waals surface area contributed by atoms with Crippen LogP contribution in [0.5, 0.6) is 11.5 Å². The van der Waals surface area contributed by atoms with Gasteiger partial charge in [-0.15, -0.1) is 6.58 Å². The Kier molecular flexibility index (Phi) is 8.10. The zero-order valence-corrected chi connectivity index (χ0v) is 22.3. The van der Waals surface area contributed by atoms with E-state index in [-0.39, 0.29) is 11.7 Å². The van der Waals surface area contributed by atoms with Crippen LogP contribution in [0.2, 0.25) is 0 Å². The van der Waals surface area contributed by atoms with Gasteiger partial charge in [-0.1, -0.05) is 18.2 Å². The van der Waals surface area contributed by atoms with Crippen LogP contribution < -0.4 is 20.1 Å². The largest absolute Gasteiger partial charge is 0.454 e. The van der Waals surface area contributed by atoms with Crippen LogP contribution in [-0.4, -0.2) is 67.6 Å². The zero-order valence-electron chi connectivity index (χ0n) is 21.5. The lowest BCUT2D eigenvalue weighted by atomic mass is 10.1. The molecule has 2 aliphatic rings. The van der Waals surface area contributed by atoms with Crippen molar-refractivity contribution >= 4 is 21.6 Å². The average Bonchev–Trinajstić information content (AvgIpc) is 3.42. The first-order valence-electron chi connectivity index (χ1n) is 12.7. The fourth-order valence-electron chi connectivity index (χ4n) is 4.67. The first kappa shape index (κ1) is 26.7. The molecule has 2 aromatic carbocycles. The Hall–Kier alpha value is -3.93. The van der Waals surface area contributed by atoms with Gasteiger partial charge in [-0.25, -0.2) is 13.2 Å². The summed E-state index contributed by atoms with van der Waals surface area (Å²) < 4.78 is 37.8.